The average Bonchev–Trinajstić information content (AvgIpc) is 3.10. The van der Waals surface area contributed by atoms with E-state index in [0.29, 0.717) is 13.0 Å². The van der Waals surface area contributed by atoms with E-state index >= 15 is 0 Å². The Morgan fingerprint density at radius 3 is 3.10 bits per heavy atom. The summed E-state index contributed by atoms with van der Waals surface area (Å²) in [6.45, 7) is 0.686. The third-order valence-electron chi connectivity index (χ3n) is 3.61. The van der Waals surface area contributed by atoms with Crippen LogP contribution in [0.5, 0.6) is 0 Å². The lowest BCUT2D eigenvalue weighted by Gasteiger charge is -2.28. The van der Waals surface area contributed by atoms with Crippen molar-refractivity contribution in [2.24, 2.45) is 7.05 Å². The maximum atomic E-state index is 11.3. The van der Waals surface area contributed by atoms with Crippen LogP contribution >= 0.6 is 11.3 Å². The van der Waals surface area contributed by atoms with Gasteiger partial charge in [-0.2, -0.15) is 0 Å². The lowest BCUT2D eigenvalue weighted by atomic mass is 10.1. The van der Waals surface area contributed by atoms with Gasteiger partial charge in [0, 0.05) is 43.3 Å². The molecule has 2 atom stereocenters. The van der Waals surface area contributed by atoms with Crippen LogP contribution in [0.4, 0.5) is 0 Å². The molecule has 0 aliphatic carbocycles. The van der Waals surface area contributed by atoms with E-state index in [-0.39, 0.29) is 18.0 Å². The third-order valence-corrected chi connectivity index (χ3v) is 4.55. The maximum Gasteiger partial charge on any atom is 0.220 e. The summed E-state index contributed by atoms with van der Waals surface area (Å²) in [5, 5.41) is 8.63. The number of amides is 1. The predicted octanol–water partition coefficient (Wildman–Crippen LogP) is 1.44. The average molecular weight is 290 g/mol. The minimum absolute atomic E-state index is 0.0787. The van der Waals surface area contributed by atoms with Gasteiger partial charge in [0.1, 0.15) is 11.9 Å². The first-order valence-corrected chi connectivity index (χ1v) is 7.65. The lowest BCUT2D eigenvalue weighted by Crippen LogP contribution is -2.47. The Bertz CT molecular complexity index is 568. The fraction of sp³-hybridized carbons (Fsp3) is 0.429. The Morgan fingerprint density at radius 1 is 1.60 bits per heavy atom. The largest absolute Gasteiger partial charge is 0.355 e. The van der Waals surface area contributed by atoms with Crippen LogP contribution in [0.3, 0.4) is 0 Å². The zero-order chi connectivity index (χ0) is 13.9. The van der Waals surface area contributed by atoms with Crippen molar-refractivity contribution in [3.05, 3.63) is 40.6 Å². The van der Waals surface area contributed by atoms with Gasteiger partial charge in [-0.05, 0) is 17.9 Å². The molecule has 0 spiro atoms. The summed E-state index contributed by atoms with van der Waals surface area (Å²) in [5.41, 5.74) is 0. The van der Waals surface area contributed by atoms with Crippen LogP contribution < -0.4 is 10.6 Å². The Kier molecular flexibility index (Phi) is 3.84. The first-order chi connectivity index (χ1) is 9.74. The monoisotopic (exact) mass is 290 g/mol. The highest BCUT2D eigenvalue weighted by Crippen LogP contribution is 2.26. The van der Waals surface area contributed by atoms with E-state index in [4.69, 9.17) is 0 Å². The molecule has 2 unspecified atom stereocenters. The van der Waals surface area contributed by atoms with Gasteiger partial charge >= 0.3 is 0 Å². The van der Waals surface area contributed by atoms with Gasteiger partial charge in [0.05, 0.1) is 0 Å². The normalized spacial score (nSPS) is 20.6. The molecular weight excluding hydrogens is 272 g/mol. The topological polar surface area (TPSA) is 59.0 Å². The molecule has 2 N–H and O–H groups in total. The van der Waals surface area contributed by atoms with E-state index in [1.165, 1.54) is 4.88 Å². The van der Waals surface area contributed by atoms with Gasteiger partial charge in [0.2, 0.25) is 5.91 Å². The summed E-state index contributed by atoms with van der Waals surface area (Å²) in [6.07, 6.45) is 5.24. The molecule has 1 amide bonds. The van der Waals surface area contributed by atoms with Crippen molar-refractivity contribution in [1.29, 1.82) is 0 Å². The Hall–Kier alpha value is -1.66. The number of nitrogens with one attached hydrogen (secondary N) is 2. The number of aryl methyl sites for hydroxylation is 1. The summed E-state index contributed by atoms with van der Waals surface area (Å²) in [5.74, 6) is 1.15. The highest BCUT2D eigenvalue weighted by atomic mass is 32.1. The van der Waals surface area contributed by atoms with Gasteiger partial charge in [-0.25, -0.2) is 4.98 Å². The summed E-state index contributed by atoms with van der Waals surface area (Å²) in [4.78, 5) is 17.0. The van der Waals surface area contributed by atoms with Crippen LogP contribution in [0.15, 0.2) is 29.9 Å². The Balaban J connectivity index is 1.80. The number of piperidine rings is 1. The standard InChI is InChI=1S/C14H18N4OS/c1-18-7-6-15-14(18)13(11-3-2-8-20-11)17-10-4-5-12(19)16-9-10/h2-3,6-8,10,13,17H,4-5,9H2,1H3,(H,16,19). The minimum atomic E-state index is 0.0787. The van der Waals surface area contributed by atoms with Crippen molar-refractivity contribution in [2.75, 3.05) is 6.54 Å². The Morgan fingerprint density at radius 2 is 2.50 bits per heavy atom. The molecule has 2 aromatic heterocycles. The zero-order valence-electron chi connectivity index (χ0n) is 11.4. The molecule has 1 aliphatic rings. The first-order valence-electron chi connectivity index (χ1n) is 6.77. The SMILES string of the molecule is Cn1ccnc1C(NC1CCC(=O)NC1)c1cccs1. The van der Waals surface area contributed by atoms with E-state index in [0.717, 1.165) is 12.2 Å². The van der Waals surface area contributed by atoms with Crippen LogP contribution in [0.1, 0.15) is 29.6 Å². The van der Waals surface area contributed by atoms with E-state index in [1.807, 2.05) is 24.0 Å². The van der Waals surface area contributed by atoms with E-state index in [9.17, 15) is 4.79 Å². The number of thiophene rings is 1. The highest BCUT2D eigenvalue weighted by molar-refractivity contribution is 7.10. The second-order valence-electron chi connectivity index (χ2n) is 5.05. The van der Waals surface area contributed by atoms with Gasteiger partial charge in [0.25, 0.3) is 0 Å². The summed E-state index contributed by atoms with van der Waals surface area (Å²) >= 11 is 1.72. The van der Waals surface area contributed by atoms with Crippen molar-refractivity contribution >= 4 is 17.2 Å². The van der Waals surface area contributed by atoms with Gasteiger partial charge in [-0.3, -0.25) is 10.1 Å². The first kappa shape index (κ1) is 13.3. The molecule has 0 saturated carbocycles. The highest BCUT2D eigenvalue weighted by Gasteiger charge is 2.25. The van der Waals surface area contributed by atoms with Crippen molar-refractivity contribution in [3.8, 4) is 0 Å². The number of rotatable bonds is 4. The van der Waals surface area contributed by atoms with E-state index in [2.05, 4.69) is 33.1 Å². The second-order valence-corrected chi connectivity index (χ2v) is 6.03. The molecule has 106 valence electrons. The molecule has 0 radical (unpaired) electrons. The number of carbonyl (C=O) groups excluding carboxylic acids is 1. The second kappa shape index (κ2) is 5.76. The van der Waals surface area contributed by atoms with Crippen LogP contribution in [0.2, 0.25) is 0 Å². The molecule has 5 nitrogen and oxygen atoms in total. The number of aromatic nitrogens is 2. The fourth-order valence-corrected chi connectivity index (χ4v) is 3.29. The van der Waals surface area contributed by atoms with Crippen LogP contribution in [0.25, 0.3) is 0 Å². The lowest BCUT2D eigenvalue weighted by molar-refractivity contribution is -0.122. The van der Waals surface area contributed by atoms with E-state index < -0.39 is 0 Å². The molecule has 6 heteroatoms. The van der Waals surface area contributed by atoms with Crippen molar-refractivity contribution in [3.63, 3.8) is 0 Å². The molecule has 3 heterocycles. The number of hydrogen-bond acceptors (Lipinski definition) is 4. The van der Waals surface area contributed by atoms with Gasteiger partial charge in [-0.1, -0.05) is 6.07 Å². The molecule has 1 fully saturated rings. The molecule has 1 saturated heterocycles. The van der Waals surface area contributed by atoms with Gasteiger partial charge in [0.15, 0.2) is 0 Å². The quantitative estimate of drug-likeness (QED) is 0.896. The minimum Gasteiger partial charge on any atom is -0.355 e. The molecule has 1 aliphatic heterocycles. The van der Waals surface area contributed by atoms with Crippen LogP contribution in [-0.4, -0.2) is 28.0 Å². The number of nitrogens with zero attached hydrogens (tertiary/aromatic N) is 2. The van der Waals surface area contributed by atoms with Crippen LogP contribution in [0, 0.1) is 0 Å². The zero-order valence-corrected chi connectivity index (χ0v) is 12.2. The molecule has 3 rings (SSSR count). The smallest absolute Gasteiger partial charge is 0.220 e. The van der Waals surface area contributed by atoms with Gasteiger partial charge in [-0.15, -0.1) is 11.3 Å². The molecule has 0 bridgehead atoms. The Labute approximate surface area is 122 Å². The molecule has 2 aromatic rings. The number of carbonyl (C=O) groups is 1. The molecular formula is C14H18N4OS. The van der Waals surface area contributed by atoms with Crippen LogP contribution in [-0.2, 0) is 11.8 Å². The van der Waals surface area contributed by atoms with Gasteiger partial charge < -0.3 is 9.88 Å². The number of imidazole rings is 1. The van der Waals surface area contributed by atoms with Crippen molar-refractivity contribution < 1.29 is 4.79 Å². The van der Waals surface area contributed by atoms with Crippen molar-refractivity contribution in [1.82, 2.24) is 20.2 Å². The molecule has 0 aromatic carbocycles. The molecule has 20 heavy (non-hydrogen) atoms. The number of hydrogen-bond donors (Lipinski definition) is 2. The summed E-state index contributed by atoms with van der Waals surface area (Å²) in [6, 6.07) is 4.55. The predicted molar refractivity (Wildman–Crippen MR) is 78.5 cm³/mol. The summed E-state index contributed by atoms with van der Waals surface area (Å²) < 4.78 is 2.04. The van der Waals surface area contributed by atoms with E-state index in [1.54, 1.807) is 11.3 Å². The van der Waals surface area contributed by atoms with Crippen molar-refractivity contribution in [2.45, 2.75) is 24.9 Å². The maximum absolute atomic E-state index is 11.3. The fourth-order valence-electron chi connectivity index (χ4n) is 2.51. The third kappa shape index (κ3) is 2.76. The summed E-state index contributed by atoms with van der Waals surface area (Å²) in [7, 11) is 2.01.